The van der Waals surface area contributed by atoms with E-state index in [0.29, 0.717) is 13.0 Å². The lowest BCUT2D eigenvalue weighted by atomic mass is 9.98. The van der Waals surface area contributed by atoms with E-state index >= 15 is 0 Å². The molecule has 0 amide bonds. The summed E-state index contributed by atoms with van der Waals surface area (Å²) >= 11 is 0. The Morgan fingerprint density at radius 3 is 2.18 bits per heavy atom. The molecule has 5 heteroatoms. The second kappa shape index (κ2) is 11.8. The van der Waals surface area contributed by atoms with Crippen molar-refractivity contribution in [3.8, 4) is 16.9 Å². The average molecular weight is 446 g/mol. The monoisotopic (exact) mass is 445 g/mol. The van der Waals surface area contributed by atoms with Crippen LogP contribution in [0.2, 0.25) is 0 Å². The number of nitrogens with zero attached hydrogens (tertiary/aromatic N) is 1. The van der Waals surface area contributed by atoms with Crippen molar-refractivity contribution in [1.82, 2.24) is 4.90 Å². The first kappa shape index (κ1) is 23.2. The SMILES string of the molecule is O=C(Cc1ccc(-c2ccc(OCCN3CCOCC3)cc2)cc1)C(O)Cc1ccccc1. The quantitative estimate of drug-likeness (QED) is 0.515. The molecule has 0 saturated carbocycles. The third-order valence-electron chi connectivity index (χ3n) is 5.94. The first-order valence-electron chi connectivity index (χ1n) is 11.5. The Morgan fingerprint density at radius 2 is 1.52 bits per heavy atom. The highest BCUT2D eigenvalue weighted by molar-refractivity contribution is 5.85. The average Bonchev–Trinajstić information content (AvgIpc) is 2.86. The molecule has 0 radical (unpaired) electrons. The molecule has 172 valence electrons. The fourth-order valence-corrected chi connectivity index (χ4v) is 3.95. The molecule has 0 aromatic heterocycles. The van der Waals surface area contributed by atoms with Crippen molar-refractivity contribution in [3.05, 3.63) is 90.0 Å². The fraction of sp³-hybridized carbons (Fsp3) is 0.321. The normalized spacial score (nSPS) is 15.2. The molecule has 3 aromatic carbocycles. The zero-order valence-corrected chi connectivity index (χ0v) is 18.9. The highest BCUT2D eigenvalue weighted by Crippen LogP contribution is 2.23. The van der Waals surface area contributed by atoms with Crippen LogP contribution in [0.1, 0.15) is 11.1 Å². The number of carbonyl (C=O) groups is 1. The molecule has 33 heavy (non-hydrogen) atoms. The predicted octanol–water partition coefficient (Wildman–Crippen LogP) is 3.78. The molecule has 1 saturated heterocycles. The van der Waals surface area contributed by atoms with Gasteiger partial charge in [-0.2, -0.15) is 0 Å². The predicted molar refractivity (Wildman–Crippen MR) is 129 cm³/mol. The van der Waals surface area contributed by atoms with E-state index in [2.05, 4.69) is 4.90 Å². The summed E-state index contributed by atoms with van der Waals surface area (Å²) in [5.74, 6) is 0.701. The number of ketones is 1. The second-order valence-corrected chi connectivity index (χ2v) is 8.37. The number of hydrogen-bond donors (Lipinski definition) is 1. The Bertz CT molecular complexity index is 996. The van der Waals surface area contributed by atoms with Gasteiger partial charge in [-0.3, -0.25) is 9.69 Å². The van der Waals surface area contributed by atoms with Gasteiger partial charge >= 0.3 is 0 Å². The number of ether oxygens (including phenoxy) is 2. The van der Waals surface area contributed by atoms with Gasteiger partial charge in [-0.05, 0) is 34.4 Å². The van der Waals surface area contributed by atoms with Crippen LogP contribution in [0.3, 0.4) is 0 Å². The van der Waals surface area contributed by atoms with Gasteiger partial charge in [-0.25, -0.2) is 0 Å². The van der Waals surface area contributed by atoms with Gasteiger partial charge in [0.2, 0.25) is 0 Å². The molecule has 0 aliphatic carbocycles. The molecule has 3 aromatic rings. The summed E-state index contributed by atoms with van der Waals surface area (Å²) in [7, 11) is 0. The number of aliphatic hydroxyl groups excluding tert-OH is 1. The van der Waals surface area contributed by atoms with Crippen molar-refractivity contribution in [2.45, 2.75) is 18.9 Å². The van der Waals surface area contributed by atoms with Crippen LogP contribution in [0.4, 0.5) is 0 Å². The van der Waals surface area contributed by atoms with Crippen LogP contribution < -0.4 is 4.74 Å². The smallest absolute Gasteiger partial charge is 0.165 e. The first-order chi connectivity index (χ1) is 16.2. The largest absolute Gasteiger partial charge is 0.492 e. The summed E-state index contributed by atoms with van der Waals surface area (Å²) in [6.07, 6.45) is -0.411. The van der Waals surface area contributed by atoms with Crippen LogP contribution in [0.25, 0.3) is 11.1 Å². The number of rotatable bonds is 10. The number of aliphatic hydroxyl groups is 1. The van der Waals surface area contributed by atoms with Crippen molar-refractivity contribution in [2.24, 2.45) is 0 Å². The Morgan fingerprint density at radius 1 is 0.879 bits per heavy atom. The van der Waals surface area contributed by atoms with Crippen LogP contribution >= 0.6 is 0 Å². The third kappa shape index (κ3) is 6.99. The first-order valence-corrected chi connectivity index (χ1v) is 11.5. The van der Waals surface area contributed by atoms with Crippen molar-refractivity contribution in [2.75, 3.05) is 39.5 Å². The topological polar surface area (TPSA) is 59.0 Å². The summed E-state index contributed by atoms with van der Waals surface area (Å²) in [6.45, 7) is 5.11. The number of morpholine rings is 1. The van der Waals surface area contributed by atoms with Gasteiger partial charge in [-0.1, -0.05) is 66.7 Å². The van der Waals surface area contributed by atoms with Crippen LogP contribution in [0, 0.1) is 0 Å². The molecule has 1 N–H and O–H groups in total. The Hall–Kier alpha value is -2.99. The van der Waals surface area contributed by atoms with Gasteiger partial charge in [0, 0.05) is 32.5 Å². The molecule has 1 fully saturated rings. The molecule has 1 heterocycles. The molecule has 1 aliphatic heterocycles. The zero-order valence-electron chi connectivity index (χ0n) is 18.9. The van der Waals surface area contributed by atoms with Crippen molar-refractivity contribution < 1.29 is 19.4 Å². The van der Waals surface area contributed by atoms with E-state index in [1.807, 2.05) is 78.9 Å². The Balaban J connectivity index is 1.26. The van der Waals surface area contributed by atoms with E-state index in [1.54, 1.807) is 0 Å². The summed E-state index contributed by atoms with van der Waals surface area (Å²) in [6, 6.07) is 25.6. The van der Waals surface area contributed by atoms with E-state index in [1.165, 1.54) is 0 Å². The van der Waals surface area contributed by atoms with Crippen LogP contribution in [0.15, 0.2) is 78.9 Å². The van der Waals surface area contributed by atoms with Gasteiger partial charge in [0.1, 0.15) is 18.5 Å². The minimum atomic E-state index is -0.983. The number of Topliss-reactive ketones (excluding diaryl/α,β-unsaturated/α-hetero) is 1. The van der Waals surface area contributed by atoms with Crippen molar-refractivity contribution in [1.29, 1.82) is 0 Å². The summed E-state index contributed by atoms with van der Waals surface area (Å²) in [4.78, 5) is 14.8. The highest BCUT2D eigenvalue weighted by atomic mass is 16.5. The minimum absolute atomic E-state index is 0.162. The lowest BCUT2D eigenvalue weighted by Crippen LogP contribution is -2.38. The third-order valence-corrected chi connectivity index (χ3v) is 5.94. The second-order valence-electron chi connectivity index (χ2n) is 8.37. The molecule has 1 aliphatic rings. The van der Waals surface area contributed by atoms with Crippen LogP contribution in [-0.2, 0) is 22.4 Å². The summed E-state index contributed by atoms with van der Waals surface area (Å²) in [5.41, 5.74) is 4.04. The Labute approximate surface area is 195 Å². The van der Waals surface area contributed by atoms with E-state index in [4.69, 9.17) is 9.47 Å². The Kier molecular flexibility index (Phi) is 8.25. The van der Waals surface area contributed by atoms with E-state index in [9.17, 15) is 9.90 Å². The highest BCUT2D eigenvalue weighted by Gasteiger charge is 2.16. The molecule has 0 spiro atoms. The molecule has 1 unspecified atom stereocenters. The van der Waals surface area contributed by atoms with Crippen molar-refractivity contribution >= 4 is 5.78 Å². The lowest BCUT2D eigenvalue weighted by Gasteiger charge is -2.26. The molecule has 4 rings (SSSR count). The van der Waals surface area contributed by atoms with Gasteiger partial charge in [0.25, 0.3) is 0 Å². The van der Waals surface area contributed by atoms with E-state index < -0.39 is 6.10 Å². The molecular formula is C28H31NO4. The summed E-state index contributed by atoms with van der Waals surface area (Å²) < 4.78 is 11.3. The van der Waals surface area contributed by atoms with Gasteiger partial charge in [0.15, 0.2) is 5.78 Å². The maximum absolute atomic E-state index is 12.4. The molecule has 0 bridgehead atoms. The van der Waals surface area contributed by atoms with Crippen molar-refractivity contribution in [3.63, 3.8) is 0 Å². The van der Waals surface area contributed by atoms with Crippen LogP contribution in [0.5, 0.6) is 5.75 Å². The van der Waals surface area contributed by atoms with Crippen LogP contribution in [-0.4, -0.2) is 61.3 Å². The molecular weight excluding hydrogens is 414 g/mol. The fourth-order valence-electron chi connectivity index (χ4n) is 3.95. The lowest BCUT2D eigenvalue weighted by molar-refractivity contribution is -0.126. The van der Waals surface area contributed by atoms with Gasteiger partial charge in [0.05, 0.1) is 13.2 Å². The van der Waals surface area contributed by atoms with E-state index in [-0.39, 0.29) is 12.2 Å². The van der Waals surface area contributed by atoms with Gasteiger partial charge < -0.3 is 14.6 Å². The standard InChI is InChI=1S/C28H31NO4/c30-27(20-22-4-2-1-3-5-22)28(31)21-23-6-8-24(9-7-23)25-10-12-26(13-11-25)33-19-16-29-14-17-32-18-15-29/h1-13,27,30H,14-21H2. The van der Waals surface area contributed by atoms with E-state index in [0.717, 1.165) is 60.9 Å². The zero-order chi connectivity index (χ0) is 22.9. The number of hydrogen-bond acceptors (Lipinski definition) is 5. The maximum atomic E-state index is 12.4. The molecule has 5 nitrogen and oxygen atoms in total. The minimum Gasteiger partial charge on any atom is -0.492 e. The molecule has 1 atom stereocenters. The van der Waals surface area contributed by atoms with Gasteiger partial charge in [-0.15, -0.1) is 0 Å². The number of carbonyl (C=O) groups excluding carboxylic acids is 1. The number of benzene rings is 3. The maximum Gasteiger partial charge on any atom is 0.165 e. The summed E-state index contributed by atoms with van der Waals surface area (Å²) in [5, 5.41) is 10.3.